The summed E-state index contributed by atoms with van der Waals surface area (Å²) in [6.07, 6.45) is 7.87. The molecule has 0 radical (unpaired) electrons. The molecule has 1 aliphatic rings. The van der Waals surface area contributed by atoms with Crippen molar-refractivity contribution in [3.05, 3.63) is 82.9 Å². The van der Waals surface area contributed by atoms with Crippen LogP contribution in [0.1, 0.15) is 78.5 Å². The Morgan fingerprint density at radius 3 is 2.29 bits per heavy atom. The molecule has 15 nitrogen and oxygen atoms in total. The number of ether oxygens (including phenoxy) is 2. The predicted octanol–water partition coefficient (Wildman–Crippen LogP) is 2.66. The first kappa shape index (κ1) is 44.7. The van der Waals surface area contributed by atoms with Crippen molar-refractivity contribution in [1.82, 2.24) is 26.2 Å². The SMILES string of the molecule is CCCCCCCCc1cccc(C(=O)NCC(=O)N(C)C2C(=O)NCC(=O)NC(C(=O)NCC#N)Cc3ccc(OCCN)c(c3)-c3cc2ccc3OCCN)c1. The highest BCUT2D eigenvalue weighted by Gasteiger charge is 2.31. The number of nitrogens with zero attached hydrogens (tertiary/aromatic N) is 2. The average molecular weight is 797 g/mol. The monoisotopic (exact) mass is 796 g/mol. The van der Waals surface area contributed by atoms with Gasteiger partial charge in [-0.05, 0) is 65.9 Å². The molecule has 1 aliphatic heterocycles. The molecule has 3 aromatic carbocycles. The van der Waals surface area contributed by atoms with E-state index in [9.17, 15) is 24.0 Å². The van der Waals surface area contributed by atoms with Gasteiger partial charge in [0.1, 0.15) is 43.3 Å². The number of nitriles is 1. The minimum absolute atomic E-state index is 0.0365. The quantitative estimate of drug-likeness (QED) is 0.0767. The number of aryl methyl sites for hydroxylation is 1. The van der Waals surface area contributed by atoms with E-state index in [1.165, 1.54) is 37.6 Å². The largest absolute Gasteiger partial charge is 0.492 e. The second-order valence-electron chi connectivity index (χ2n) is 14.1. The van der Waals surface area contributed by atoms with E-state index in [1.54, 1.807) is 42.5 Å². The maximum atomic E-state index is 14.1. The highest BCUT2D eigenvalue weighted by atomic mass is 16.5. The molecule has 4 rings (SSSR count). The Hall–Kier alpha value is -5.98. The smallest absolute Gasteiger partial charge is 0.251 e. The summed E-state index contributed by atoms with van der Waals surface area (Å²) in [6, 6.07) is 17.1. The molecule has 2 atom stereocenters. The maximum absolute atomic E-state index is 14.1. The van der Waals surface area contributed by atoms with Crippen LogP contribution in [-0.2, 0) is 32.0 Å². The Bertz CT molecular complexity index is 1930. The topological polar surface area (TPSA) is 231 Å². The average Bonchev–Trinajstić information content (AvgIpc) is 3.23. The van der Waals surface area contributed by atoms with Gasteiger partial charge in [-0.15, -0.1) is 0 Å². The summed E-state index contributed by atoms with van der Waals surface area (Å²) < 4.78 is 12.1. The van der Waals surface area contributed by atoms with Gasteiger partial charge in [-0.1, -0.05) is 63.3 Å². The fourth-order valence-electron chi connectivity index (χ4n) is 6.69. The van der Waals surface area contributed by atoms with Crippen molar-refractivity contribution in [2.24, 2.45) is 11.5 Å². The summed E-state index contributed by atoms with van der Waals surface area (Å²) in [5.41, 5.74) is 15.1. The van der Waals surface area contributed by atoms with E-state index >= 15 is 0 Å². The van der Waals surface area contributed by atoms with Crippen LogP contribution in [-0.4, -0.2) is 93.5 Å². The van der Waals surface area contributed by atoms with Gasteiger partial charge in [-0.2, -0.15) is 5.26 Å². The van der Waals surface area contributed by atoms with Crippen molar-refractivity contribution in [2.75, 3.05) is 53.0 Å². The molecule has 58 heavy (non-hydrogen) atoms. The summed E-state index contributed by atoms with van der Waals surface area (Å²) in [6.45, 7) is 1.77. The zero-order chi connectivity index (χ0) is 41.9. The van der Waals surface area contributed by atoms with E-state index in [0.29, 0.717) is 39.3 Å². The van der Waals surface area contributed by atoms with Gasteiger partial charge in [0.15, 0.2) is 0 Å². The third kappa shape index (κ3) is 13.0. The molecular weight excluding hydrogens is 741 g/mol. The molecule has 0 fully saturated rings. The number of unbranched alkanes of at least 4 members (excludes halogenated alkanes) is 5. The highest BCUT2D eigenvalue weighted by Crippen LogP contribution is 2.40. The molecule has 0 aliphatic carbocycles. The lowest BCUT2D eigenvalue weighted by Gasteiger charge is -2.29. The van der Waals surface area contributed by atoms with Gasteiger partial charge in [-0.3, -0.25) is 24.0 Å². The zero-order valence-electron chi connectivity index (χ0n) is 33.4. The minimum atomic E-state index is -1.28. The van der Waals surface area contributed by atoms with E-state index < -0.39 is 54.7 Å². The fraction of sp³-hybridized carbons (Fsp3) is 0.442. The molecule has 3 aromatic rings. The summed E-state index contributed by atoms with van der Waals surface area (Å²) in [5, 5.41) is 19.5. The Balaban J connectivity index is 1.67. The van der Waals surface area contributed by atoms with Gasteiger partial charge in [0.25, 0.3) is 5.91 Å². The maximum Gasteiger partial charge on any atom is 0.251 e. The minimum Gasteiger partial charge on any atom is -0.492 e. The number of fused-ring (bicyclic) bond motifs is 5. The van der Waals surface area contributed by atoms with Crippen LogP contribution in [0.3, 0.4) is 0 Å². The molecule has 0 saturated heterocycles. The van der Waals surface area contributed by atoms with E-state index in [-0.39, 0.29) is 39.3 Å². The number of nitrogens with one attached hydrogen (secondary N) is 4. The summed E-state index contributed by atoms with van der Waals surface area (Å²) in [7, 11) is 1.44. The second kappa shape index (κ2) is 23.3. The molecule has 15 heteroatoms. The number of likely N-dealkylation sites (N-methyl/N-ethyl adjacent to an activating group) is 1. The van der Waals surface area contributed by atoms with Gasteiger partial charge >= 0.3 is 0 Å². The van der Waals surface area contributed by atoms with Crippen LogP contribution < -0.4 is 42.2 Å². The third-order valence-electron chi connectivity index (χ3n) is 9.70. The molecule has 8 N–H and O–H groups in total. The molecule has 310 valence electrons. The zero-order valence-corrected chi connectivity index (χ0v) is 33.4. The lowest BCUT2D eigenvalue weighted by Crippen LogP contribution is -2.52. The van der Waals surface area contributed by atoms with Gasteiger partial charge in [0, 0.05) is 43.2 Å². The normalized spacial score (nSPS) is 15.2. The number of hydrogen-bond donors (Lipinski definition) is 6. The standard InChI is InChI=1S/C43H56N8O7/c1-3-4-5-6-7-8-10-29-11-9-12-32(23-29)41(54)49-28-39(53)51(2)40-31-14-16-37(58-22-19-46)34(26-31)33-24-30(13-15-36(33)57-21-18-45)25-35(42(55)47-20-17-44)50-38(52)27-48-43(40)56/h9,11-16,23-24,26,35,40H,3-8,10,18-22,25,27-28,45-46H2,1-2H3,(H,47,55)(H,48,56)(H,49,54)(H,50,52). The number of amides is 5. The van der Waals surface area contributed by atoms with Crippen LogP contribution in [0.2, 0.25) is 0 Å². The van der Waals surface area contributed by atoms with Crippen LogP contribution in [0, 0.1) is 11.3 Å². The highest BCUT2D eigenvalue weighted by molar-refractivity contribution is 5.98. The van der Waals surface area contributed by atoms with Gasteiger partial charge in [-0.25, -0.2) is 0 Å². The summed E-state index contributed by atoms with van der Waals surface area (Å²) in [4.78, 5) is 68.7. The first-order valence-corrected chi connectivity index (χ1v) is 19.9. The van der Waals surface area contributed by atoms with Crippen molar-refractivity contribution < 1.29 is 33.4 Å². The van der Waals surface area contributed by atoms with Crippen molar-refractivity contribution in [3.8, 4) is 28.7 Å². The molecule has 1 heterocycles. The van der Waals surface area contributed by atoms with Crippen molar-refractivity contribution >= 4 is 29.5 Å². The molecule has 0 aromatic heterocycles. The van der Waals surface area contributed by atoms with E-state index in [1.807, 2.05) is 24.3 Å². The van der Waals surface area contributed by atoms with Crippen LogP contribution in [0.25, 0.3) is 11.1 Å². The number of benzene rings is 3. The number of rotatable bonds is 19. The van der Waals surface area contributed by atoms with Gasteiger partial charge in [0.05, 0.1) is 19.2 Å². The first-order valence-electron chi connectivity index (χ1n) is 19.9. The Labute approximate surface area is 340 Å². The Morgan fingerprint density at radius 1 is 0.897 bits per heavy atom. The van der Waals surface area contributed by atoms with Crippen molar-refractivity contribution in [3.63, 3.8) is 0 Å². The lowest BCUT2D eigenvalue weighted by atomic mass is 9.93. The van der Waals surface area contributed by atoms with Crippen LogP contribution in [0.15, 0.2) is 60.7 Å². The first-order chi connectivity index (χ1) is 28.1. The molecular formula is C43H56N8O7. The van der Waals surface area contributed by atoms with E-state index in [4.69, 9.17) is 26.2 Å². The fourth-order valence-corrected chi connectivity index (χ4v) is 6.69. The van der Waals surface area contributed by atoms with Crippen LogP contribution in [0.5, 0.6) is 11.5 Å². The number of nitrogens with two attached hydrogens (primary N) is 2. The third-order valence-corrected chi connectivity index (χ3v) is 9.70. The van der Waals surface area contributed by atoms with Gasteiger partial charge < -0.3 is 47.1 Å². The van der Waals surface area contributed by atoms with Crippen molar-refractivity contribution in [1.29, 1.82) is 5.26 Å². The second-order valence-corrected chi connectivity index (χ2v) is 14.1. The van der Waals surface area contributed by atoms with Crippen molar-refractivity contribution in [2.45, 2.75) is 70.4 Å². The predicted molar refractivity (Wildman–Crippen MR) is 220 cm³/mol. The van der Waals surface area contributed by atoms with Crippen LogP contribution in [0.4, 0.5) is 0 Å². The molecule has 0 saturated carbocycles. The lowest BCUT2D eigenvalue weighted by molar-refractivity contribution is -0.139. The summed E-state index contributed by atoms with van der Waals surface area (Å²) >= 11 is 0. The molecule has 5 amide bonds. The number of hydrogen-bond acceptors (Lipinski definition) is 10. The molecule has 4 bridgehead atoms. The van der Waals surface area contributed by atoms with E-state index in [2.05, 4.69) is 28.2 Å². The van der Waals surface area contributed by atoms with Gasteiger partial charge in [0.2, 0.25) is 23.6 Å². The van der Waals surface area contributed by atoms with E-state index in [0.717, 1.165) is 24.8 Å². The van der Waals surface area contributed by atoms with Crippen LogP contribution >= 0.6 is 0 Å². The molecule has 0 spiro atoms. The molecule has 2 unspecified atom stereocenters. The number of carbonyl (C=O) groups excluding carboxylic acids is 5. The summed E-state index contributed by atoms with van der Waals surface area (Å²) in [5.74, 6) is -2.13. The Morgan fingerprint density at radius 2 is 1.59 bits per heavy atom. The number of carbonyl (C=O) groups is 5. The Kier molecular flexibility index (Phi) is 18.0.